The minimum Gasteiger partial charge on any atom is -0.356 e. The smallest absolute Gasteiger partial charge is 0.356 e. The van der Waals surface area contributed by atoms with Crippen LogP contribution in [0, 0.1) is 28.6 Å². The van der Waals surface area contributed by atoms with Gasteiger partial charge in [0.05, 0.1) is 6.07 Å². The van der Waals surface area contributed by atoms with Crippen molar-refractivity contribution in [1.29, 1.82) is 5.26 Å². The lowest BCUT2D eigenvalue weighted by Crippen LogP contribution is -2.57. The molecule has 0 unspecified atom stereocenters. The van der Waals surface area contributed by atoms with E-state index in [2.05, 4.69) is 10.6 Å². The third-order valence-corrected chi connectivity index (χ3v) is 7.50. The SMILES string of the molecule is CC1(C)[C@@H]2[C@H]3C(=O)N[C@H](C#N)CCC(=O)NCCCCCC[C@H](NC(=O)C(F)(F)F)C(=O)N3C[C@@H]21. The number of halogens is 3. The number of carbonyl (C=O) groups excluding carboxylic acids is 4. The topological polar surface area (TPSA) is 131 Å². The third-order valence-electron chi connectivity index (χ3n) is 7.50. The summed E-state index contributed by atoms with van der Waals surface area (Å²) in [6.45, 7) is 4.50. The molecule has 4 amide bonds. The second-order valence-electron chi connectivity index (χ2n) is 10.2. The van der Waals surface area contributed by atoms with Crippen molar-refractivity contribution in [2.24, 2.45) is 17.3 Å². The number of fused-ring (bicyclic) bond motifs is 3. The number of alkyl halides is 3. The fourth-order valence-electron chi connectivity index (χ4n) is 5.36. The number of carbonyl (C=O) groups is 4. The fourth-order valence-corrected chi connectivity index (χ4v) is 5.36. The van der Waals surface area contributed by atoms with Gasteiger partial charge in [-0.2, -0.15) is 18.4 Å². The zero-order valence-electron chi connectivity index (χ0n) is 19.9. The summed E-state index contributed by atoms with van der Waals surface area (Å²) in [4.78, 5) is 51.6. The molecular weight excluding hydrogens is 467 g/mol. The zero-order valence-corrected chi connectivity index (χ0v) is 19.9. The second kappa shape index (κ2) is 10.4. The van der Waals surface area contributed by atoms with Gasteiger partial charge in [-0.05, 0) is 36.5 Å². The number of piperidine rings is 1. The molecule has 1 aliphatic carbocycles. The van der Waals surface area contributed by atoms with Gasteiger partial charge in [-0.3, -0.25) is 19.2 Å². The van der Waals surface area contributed by atoms with Crippen LogP contribution in [0.1, 0.15) is 58.8 Å². The Morgan fingerprint density at radius 3 is 2.49 bits per heavy atom. The van der Waals surface area contributed by atoms with E-state index in [4.69, 9.17) is 0 Å². The highest BCUT2D eigenvalue weighted by molar-refractivity contribution is 5.94. The van der Waals surface area contributed by atoms with Crippen molar-refractivity contribution >= 4 is 23.6 Å². The summed E-state index contributed by atoms with van der Waals surface area (Å²) in [5.41, 5.74) is -0.246. The Bertz CT molecular complexity index is 901. The van der Waals surface area contributed by atoms with Crippen LogP contribution in [0.3, 0.4) is 0 Å². The van der Waals surface area contributed by atoms with Crippen LogP contribution >= 0.6 is 0 Å². The maximum Gasteiger partial charge on any atom is 0.471 e. The molecule has 12 heteroatoms. The van der Waals surface area contributed by atoms with Crippen molar-refractivity contribution in [2.45, 2.75) is 83.1 Å². The molecule has 194 valence electrons. The highest BCUT2D eigenvalue weighted by Gasteiger charge is 2.69. The van der Waals surface area contributed by atoms with Gasteiger partial charge in [0.1, 0.15) is 18.1 Å². The summed E-state index contributed by atoms with van der Waals surface area (Å²) < 4.78 is 38.8. The standard InChI is InChI=1S/C23H32F3N5O4/c1-22(2)14-12-31-18(17(14)22)19(33)29-13(11-27)8-9-16(32)28-10-6-4-3-5-7-15(20(31)34)30-21(35)23(24,25)26/h13-15,17-18H,3-10,12H2,1-2H3,(H,28,32)(H,29,33)(H,30,35)/t13-,14-,15-,17-,18-/m0/s1. The maximum absolute atomic E-state index is 13.4. The molecule has 2 aliphatic heterocycles. The van der Waals surface area contributed by atoms with E-state index in [1.165, 1.54) is 4.90 Å². The average molecular weight is 500 g/mol. The van der Waals surface area contributed by atoms with Crippen molar-refractivity contribution in [1.82, 2.24) is 20.9 Å². The number of rotatable bonds is 1. The molecule has 0 aromatic carbocycles. The highest BCUT2D eigenvalue weighted by Crippen LogP contribution is 2.64. The normalized spacial score (nSPS) is 32.3. The lowest BCUT2D eigenvalue weighted by Gasteiger charge is -2.33. The number of hydrogen-bond acceptors (Lipinski definition) is 5. The van der Waals surface area contributed by atoms with Crippen LogP contribution in [0.4, 0.5) is 13.2 Å². The van der Waals surface area contributed by atoms with Gasteiger partial charge in [0.25, 0.3) is 0 Å². The molecule has 0 spiro atoms. The Kier molecular flexibility index (Phi) is 7.97. The second-order valence-corrected chi connectivity index (χ2v) is 10.2. The molecule has 0 aromatic rings. The highest BCUT2D eigenvalue weighted by atomic mass is 19.4. The summed E-state index contributed by atoms with van der Waals surface area (Å²) in [5.74, 6) is -3.96. The molecule has 2 saturated heterocycles. The molecule has 35 heavy (non-hydrogen) atoms. The molecular formula is C23H32F3N5O4. The summed E-state index contributed by atoms with van der Waals surface area (Å²) in [5, 5.41) is 16.7. The lowest BCUT2D eigenvalue weighted by atomic mass is 9.98. The molecule has 3 aliphatic rings. The molecule has 9 nitrogen and oxygen atoms in total. The summed E-state index contributed by atoms with van der Waals surface area (Å²) in [6, 6.07) is -1.37. The van der Waals surface area contributed by atoms with Crippen molar-refractivity contribution in [3.05, 3.63) is 0 Å². The molecule has 2 heterocycles. The number of nitrogens with one attached hydrogen (secondary N) is 3. The van der Waals surface area contributed by atoms with Gasteiger partial charge in [-0.15, -0.1) is 0 Å². The molecule has 3 N–H and O–H groups in total. The Morgan fingerprint density at radius 1 is 1.14 bits per heavy atom. The molecule has 3 fully saturated rings. The molecule has 1 saturated carbocycles. The predicted octanol–water partition coefficient (Wildman–Crippen LogP) is 1.39. The van der Waals surface area contributed by atoms with E-state index >= 15 is 0 Å². The Labute approximate surface area is 202 Å². The molecule has 5 atom stereocenters. The predicted molar refractivity (Wildman–Crippen MR) is 117 cm³/mol. The van der Waals surface area contributed by atoms with Crippen LogP contribution in [0.5, 0.6) is 0 Å². The van der Waals surface area contributed by atoms with Crippen LogP contribution in [0.2, 0.25) is 0 Å². The van der Waals surface area contributed by atoms with Crippen molar-refractivity contribution in [3.63, 3.8) is 0 Å². The molecule has 3 rings (SSSR count). The fraction of sp³-hybridized carbons (Fsp3) is 0.783. The van der Waals surface area contributed by atoms with E-state index in [9.17, 15) is 37.6 Å². The van der Waals surface area contributed by atoms with Gasteiger partial charge in [-0.25, -0.2) is 0 Å². The first-order chi connectivity index (χ1) is 16.4. The molecule has 0 aromatic heterocycles. The van der Waals surface area contributed by atoms with Crippen LogP contribution in [0.15, 0.2) is 0 Å². The van der Waals surface area contributed by atoms with E-state index in [1.54, 1.807) is 0 Å². The summed E-state index contributed by atoms with van der Waals surface area (Å²) in [6.07, 6.45) is -2.69. The van der Waals surface area contributed by atoms with Gasteiger partial charge in [0.2, 0.25) is 17.7 Å². The van der Waals surface area contributed by atoms with Gasteiger partial charge in [-0.1, -0.05) is 33.1 Å². The Morgan fingerprint density at radius 2 is 1.83 bits per heavy atom. The van der Waals surface area contributed by atoms with Gasteiger partial charge >= 0.3 is 12.1 Å². The van der Waals surface area contributed by atoms with Gasteiger partial charge in [0, 0.05) is 19.5 Å². The quantitative estimate of drug-likeness (QED) is 0.502. The summed E-state index contributed by atoms with van der Waals surface area (Å²) in [7, 11) is 0. The monoisotopic (exact) mass is 499 g/mol. The van der Waals surface area contributed by atoms with E-state index in [0.717, 1.165) is 0 Å². The Balaban J connectivity index is 1.85. The Hall–Kier alpha value is -2.84. The average Bonchev–Trinajstić information content (AvgIpc) is 3.11. The van der Waals surface area contributed by atoms with Crippen LogP contribution in [-0.2, 0) is 19.2 Å². The van der Waals surface area contributed by atoms with Crippen LogP contribution < -0.4 is 16.0 Å². The summed E-state index contributed by atoms with van der Waals surface area (Å²) >= 11 is 0. The number of amides is 4. The lowest BCUT2D eigenvalue weighted by molar-refractivity contribution is -0.175. The van der Waals surface area contributed by atoms with Crippen molar-refractivity contribution in [3.8, 4) is 6.07 Å². The molecule has 0 radical (unpaired) electrons. The largest absolute Gasteiger partial charge is 0.471 e. The van der Waals surface area contributed by atoms with Crippen molar-refractivity contribution in [2.75, 3.05) is 13.1 Å². The first-order valence-corrected chi connectivity index (χ1v) is 12.0. The van der Waals surface area contributed by atoms with E-state index in [-0.39, 0.29) is 49.0 Å². The number of hydrogen-bond donors (Lipinski definition) is 3. The number of nitrogens with zero attached hydrogens (tertiary/aromatic N) is 2. The maximum atomic E-state index is 13.4. The van der Waals surface area contributed by atoms with Crippen LogP contribution in [0.25, 0.3) is 0 Å². The van der Waals surface area contributed by atoms with E-state index in [1.807, 2.05) is 25.2 Å². The molecule has 0 bridgehead atoms. The van der Waals surface area contributed by atoms with Crippen LogP contribution in [-0.4, -0.2) is 65.9 Å². The first-order valence-electron chi connectivity index (χ1n) is 12.0. The van der Waals surface area contributed by atoms with E-state index in [0.29, 0.717) is 32.2 Å². The van der Waals surface area contributed by atoms with Gasteiger partial charge in [0.15, 0.2) is 0 Å². The minimum atomic E-state index is -5.14. The third kappa shape index (κ3) is 6.05. The van der Waals surface area contributed by atoms with Gasteiger partial charge < -0.3 is 20.9 Å². The zero-order chi connectivity index (χ0) is 26.0. The minimum absolute atomic E-state index is 0.00258. The van der Waals surface area contributed by atoms with E-state index < -0.39 is 42.0 Å². The first kappa shape index (κ1) is 26.8. The van der Waals surface area contributed by atoms with Crippen molar-refractivity contribution < 1.29 is 32.3 Å². The number of nitriles is 1.